The van der Waals surface area contributed by atoms with E-state index in [0.717, 1.165) is 24.6 Å². The number of hydrogen-bond acceptors (Lipinski definition) is 4. The number of anilines is 3. The molecule has 0 unspecified atom stereocenters. The number of likely N-dealkylation sites (N-methyl/N-ethyl adjacent to an activating group) is 1. The van der Waals surface area contributed by atoms with Crippen molar-refractivity contribution >= 4 is 17.2 Å². The lowest BCUT2D eigenvalue weighted by Crippen LogP contribution is -2.36. The first kappa shape index (κ1) is 11.5. The summed E-state index contributed by atoms with van der Waals surface area (Å²) in [7, 11) is 2.09. The first-order valence-electron chi connectivity index (χ1n) is 6.23. The maximum Gasteiger partial charge on any atom is 0.134 e. The van der Waals surface area contributed by atoms with Crippen molar-refractivity contribution in [1.29, 1.82) is 5.26 Å². The maximum absolute atomic E-state index is 8.99. The quantitative estimate of drug-likeness (QED) is 0.780. The second kappa shape index (κ2) is 4.62. The highest BCUT2D eigenvalue weighted by Gasteiger charge is 2.21. The molecule has 0 fully saturated rings. The number of aromatic nitrogens is 1. The Hall–Kier alpha value is -2.54. The van der Waals surface area contributed by atoms with E-state index >= 15 is 0 Å². The smallest absolute Gasteiger partial charge is 0.134 e. The molecule has 2 aromatic rings. The van der Waals surface area contributed by atoms with Crippen molar-refractivity contribution in [3.05, 3.63) is 48.2 Å². The van der Waals surface area contributed by atoms with Crippen LogP contribution in [0.5, 0.6) is 0 Å². The number of rotatable bonds is 1. The van der Waals surface area contributed by atoms with Gasteiger partial charge in [0.05, 0.1) is 23.0 Å². The van der Waals surface area contributed by atoms with E-state index in [1.54, 1.807) is 12.3 Å². The fourth-order valence-electron chi connectivity index (χ4n) is 2.38. The van der Waals surface area contributed by atoms with Gasteiger partial charge in [-0.3, -0.25) is 0 Å². The SMILES string of the molecule is CN1CCN(c2cc(C#N)ccn2)c2ccccc21. The van der Waals surface area contributed by atoms with Crippen LogP contribution in [-0.4, -0.2) is 25.1 Å². The van der Waals surface area contributed by atoms with Crippen molar-refractivity contribution in [2.75, 3.05) is 29.9 Å². The summed E-state index contributed by atoms with van der Waals surface area (Å²) < 4.78 is 0. The van der Waals surface area contributed by atoms with E-state index < -0.39 is 0 Å². The van der Waals surface area contributed by atoms with Crippen molar-refractivity contribution < 1.29 is 0 Å². The van der Waals surface area contributed by atoms with Crippen LogP contribution in [0.25, 0.3) is 0 Å². The van der Waals surface area contributed by atoms with Crippen LogP contribution < -0.4 is 9.80 Å². The van der Waals surface area contributed by atoms with Crippen molar-refractivity contribution in [3.63, 3.8) is 0 Å². The molecule has 94 valence electrons. The number of nitrogens with zero attached hydrogens (tertiary/aromatic N) is 4. The summed E-state index contributed by atoms with van der Waals surface area (Å²) in [6.07, 6.45) is 1.69. The Kier molecular flexibility index (Phi) is 2.81. The standard InChI is InChI=1S/C15H14N4/c1-18-8-9-19(14-5-3-2-4-13(14)18)15-10-12(11-16)6-7-17-15/h2-7,10H,8-9H2,1H3. The van der Waals surface area contributed by atoms with E-state index in [0.29, 0.717) is 5.56 Å². The molecule has 0 N–H and O–H groups in total. The molecular weight excluding hydrogens is 236 g/mol. The number of fused-ring (bicyclic) bond motifs is 1. The molecule has 1 aliphatic rings. The van der Waals surface area contributed by atoms with Gasteiger partial charge < -0.3 is 9.80 Å². The Balaban J connectivity index is 2.07. The largest absolute Gasteiger partial charge is 0.371 e. The van der Waals surface area contributed by atoms with Crippen LogP contribution in [0.3, 0.4) is 0 Å². The van der Waals surface area contributed by atoms with Gasteiger partial charge in [0.25, 0.3) is 0 Å². The molecule has 4 heteroatoms. The molecule has 0 aliphatic carbocycles. The van der Waals surface area contributed by atoms with E-state index in [-0.39, 0.29) is 0 Å². The Morgan fingerprint density at radius 2 is 1.95 bits per heavy atom. The van der Waals surface area contributed by atoms with E-state index in [2.05, 4.69) is 40.0 Å². The van der Waals surface area contributed by atoms with Crippen molar-refractivity contribution in [2.24, 2.45) is 0 Å². The lowest BCUT2D eigenvalue weighted by Gasteiger charge is -2.36. The zero-order valence-corrected chi connectivity index (χ0v) is 10.7. The number of pyridine rings is 1. The van der Waals surface area contributed by atoms with Gasteiger partial charge in [0, 0.05) is 26.3 Å². The molecular formula is C15H14N4. The van der Waals surface area contributed by atoms with Gasteiger partial charge in [-0.2, -0.15) is 5.26 Å². The highest BCUT2D eigenvalue weighted by Crippen LogP contribution is 2.35. The minimum Gasteiger partial charge on any atom is -0.371 e. The summed E-state index contributed by atoms with van der Waals surface area (Å²) >= 11 is 0. The van der Waals surface area contributed by atoms with Gasteiger partial charge in [-0.1, -0.05) is 12.1 Å². The van der Waals surface area contributed by atoms with Gasteiger partial charge in [0.15, 0.2) is 0 Å². The molecule has 0 saturated heterocycles. The maximum atomic E-state index is 8.99. The third-order valence-electron chi connectivity index (χ3n) is 3.39. The van der Waals surface area contributed by atoms with Crippen LogP contribution >= 0.6 is 0 Å². The number of para-hydroxylation sites is 2. The van der Waals surface area contributed by atoms with Crippen molar-refractivity contribution in [2.45, 2.75) is 0 Å². The minimum atomic E-state index is 0.640. The minimum absolute atomic E-state index is 0.640. The fraction of sp³-hybridized carbons (Fsp3) is 0.200. The molecule has 0 radical (unpaired) electrons. The zero-order valence-electron chi connectivity index (χ0n) is 10.7. The molecule has 0 bridgehead atoms. The van der Waals surface area contributed by atoms with E-state index in [1.165, 1.54) is 5.69 Å². The average Bonchev–Trinajstić information content (AvgIpc) is 2.48. The molecule has 3 rings (SSSR count). The molecule has 1 aromatic carbocycles. The van der Waals surface area contributed by atoms with Crippen LogP contribution in [0, 0.1) is 11.3 Å². The summed E-state index contributed by atoms with van der Waals surface area (Å²) in [6.45, 7) is 1.81. The third-order valence-corrected chi connectivity index (χ3v) is 3.39. The second-order valence-corrected chi connectivity index (χ2v) is 4.58. The lowest BCUT2D eigenvalue weighted by molar-refractivity contribution is 0.813. The molecule has 0 spiro atoms. The van der Waals surface area contributed by atoms with Crippen molar-refractivity contribution in [1.82, 2.24) is 4.98 Å². The molecule has 1 aliphatic heterocycles. The molecule has 19 heavy (non-hydrogen) atoms. The Morgan fingerprint density at radius 1 is 1.16 bits per heavy atom. The Morgan fingerprint density at radius 3 is 2.74 bits per heavy atom. The number of benzene rings is 1. The van der Waals surface area contributed by atoms with Gasteiger partial charge in [-0.15, -0.1) is 0 Å². The average molecular weight is 250 g/mol. The van der Waals surface area contributed by atoms with E-state index in [1.807, 2.05) is 18.2 Å². The van der Waals surface area contributed by atoms with Gasteiger partial charge in [-0.05, 0) is 24.3 Å². The summed E-state index contributed by atoms with van der Waals surface area (Å²) in [5, 5.41) is 8.99. The van der Waals surface area contributed by atoms with E-state index in [4.69, 9.17) is 5.26 Å². The van der Waals surface area contributed by atoms with Gasteiger partial charge in [-0.25, -0.2) is 4.98 Å². The monoisotopic (exact) mass is 250 g/mol. The normalized spacial score (nSPS) is 13.9. The first-order valence-corrected chi connectivity index (χ1v) is 6.23. The van der Waals surface area contributed by atoms with Crippen molar-refractivity contribution in [3.8, 4) is 6.07 Å². The molecule has 0 saturated carbocycles. The summed E-state index contributed by atoms with van der Waals surface area (Å²) in [5.41, 5.74) is 2.97. The van der Waals surface area contributed by atoms with Crippen LogP contribution in [0.4, 0.5) is 17.2 Å². The van der Waals surface area contributed by atoms with Crippen LogP contribution in [0.15, 0.2) is 42.6 Å². The summed E-state index contributed by atoms with van der Waals surface area (Å²) in [4.78, 5) is 8.79. The Labute approximate surface area is 112 Å². The zero-order chi connectivity index (χ0) is 13.2. The van der Waals surface area contributed by atoms with E-state index in [9.17, 15) is 0 Å². The van der Waals surface area contributed by atoms with Gasteiger partial charge in [0.2, 0.25) is 0 Å². The summed E-state index contributed by atoms with van der Waals surface area (Å²) in [6, 6.07) is 14.0. The number of hydrogen-bond donors (Lipinski definition) is 0. The Bertz CT molecular complexity index is 645. The predicted molar refractivity (Wildman–Crippen MR) is 75.7 cm³/mol. The van der Waals surface area contributed by atoms with Crippen LogP contribution in [0.1, 0.15) is 5.56 Å². The predicted octanol–water partition coefficient (Wildman–Crippen LogP) is 2.54. The summed E-state index contributed by atoms with van der Waals surface area (Å²) in [5.74, 6) is 0.833. The van der Waals surface area contributed by atoms with Gasteiger partial charge >= 0.3 is 0 Å². The molecule has 4 nitrogen and oxygen atoms in total. The van der Waals surface area contributed by atoms with Gasteiger partial charge in [0.1, 0.15) is 5.82 Å². The topological polar surface area (TPSA) is 43.2 Å². The first-order chi connectivity index (χ1) is 9.29. The molecule has 1 aromatic heterocycles. The number of nitriles is 1. The lowest BCUT2D eigenvalue weighted by atomic mass is 10.1. The molecule has 0 amide bonds. The second-order valence-electron chi connectivity index (χ2n) is 4.58. The highest BCUT2D eigenvalue weighted by molar-refractivity contribution is 5.78. The molecule has 0 atom stereocenters. The van der Waals surface area contributed by atoms with Crippen LogP contribution in [-0.2, 0) is 0 Å². The highest BCUT2D eigenvalue weighted by atomic mass is 15.3. The third kappa shape index (κ3) is 2.00. The molecule has 2 heterocycles. The van der Waals surface area contributed by atoms with Crippen LogP contribution in [0.2, 0.25) is 0 Å². The fourth-order valence-corrected chi connectivity index (χ4v) is 2.38.